The summed E-state index contributed by atoms with van der Waals surface area (Å²) in [6, 6.07) is 0. The summed E-state index contributed by atoms with van der Waals surface area (Å²) in [6.45, 7) is 6.43. The number of amides is 1. The summed E-state index contributed by atoms with van der Waals surface area (Å²) >= 11 is 0. The minimum Gasteiger partial charge on any atom is -0.330 e. The summed E-state index contributed by atoms with van der Waals surface area (Å²) in [5, 5.41) is 0. The molecule has 90 valence electrons. The fraction of sp³-hybridized carbons (Fsp3) is 0.909. The van der Waals surface area contributed by atoms with E-state index < -0.39 is 0 Å². The second-order valence-corrected chi connectivity index (χ2v) is 4.69. The summed E-state index contributed by atoms with van der Waals surface area (Å²) in [4.78, 5) is 16.4. The van der Waals surface area contributed by atoms with Gasteiger partial charge in [-0.15, -0.1) is 0 Å². The number of hydrogen-bond acceptors (Lipinski definition) is 3. The Bertz CT molecular complexity index is 176. The topological polar surface area (TPSA) is 64.3 Å². The van der Waals surface area contributed by atoms with Gasteiger partial charge in [0.15, 0.2) is 0 Å². The lowest BCUT2D eigenvalue weighted by molar-refractivity contribution is -0.145. The van der Waals surface area contributed by atoms with Crippen LogP contribution in [0.1, 0.15) is 52.9 Å². The van der Waals surface area contributed by atoms with E-state index in [1.54, 1.807) is 0 Å². The number of unbranched alkanes of at least 4 members (excludes halogenated alkanes) is 3. The molecule has 0 rings (SSSR count). The van der Waals surface area contributed by atoms with E-state index in [0.717, 1.165) is 32.2 Å². The molecule has 0 bridgehead atoms. The molecule has 4 heteroatoms. The molecule has 0 aliphatic heterocycles. The average molecular weight is 216 g/mol. The predicted molar refractivity (Wildman–Crippen MR) is 61.1 cm³/mol. The molecular weight excluding hydrogens is 192 g/mol. The van der Waals surface area contributed by atoms with Crippen LogP contribution >= 0.6 is 0 Å². The highest BCUT2D eigenvalue weighted by Gasteiger charge is 2.12. The molecular formula is C11H24N2O2. The van der Waals surface area contributed by atoms with E-state index >= 15 is 0 Å². The van der Waals surface area contributed by atoms with Crippen molar-refractivity contribution in [2.24, 2.45) is 5.73 Å². The number of nitrogens with one attached hydrogen (secondary N) is 1. The normalized spacial score (nSPS) is 11.5. The standard InChI is InChI=1S/C11H24N2O2/c1-11(2,3)15-13-10(14)8-6-4-5-7-9-12/h4-9,12H2,1-3H3,(H,13,14). The van der Waals surface area contributed by atoms with Crippen LogP contribution in [0, 0.1) is 0 Å². The van der Waals surface area contributed by atoms with E-state index in [-0.39, 0.29) is 11.5 Å². The van der Waals surface area contributed by atoms with E-state index in [0.29, 0.717) is 6.42 Å². The first kappa shape index (κ1) is 14.4. The molecule has 0 unspecified atom stereocenters. The van der Waals surface area contributed by atoms with Crippen molar-refractivity contribution in [3.8, 4) is 0 Å². The van der Waals surface area contributed by atoms with Crippen LogP contribution in [0.3, 0.4) is 0 Å². The van der Waals surface area contributed by atoms with Crippen LogP contribution in [-0.2, 0) is 9.63 Å². The quantitative estimate of drug-likeness (QED) is 0.503. The van der Waals surface area contributed by atoms with Gasteiger partial charge in [-0.3, -0.25) is 9.63 Å². The summed E-state index contributed by atoms with van der Waals surface area (Å²) in [5.74, 6) is -0.0438. The number of hydroxylamine groups is 1. The Balaban J connectivity index is 3.34. The number of carbonyl (C=O) groups excluding carboxylic acids is 1. The van der Waals surface area contributed by atoms with Gasteiger partial charge in [-0.25, -0.2) is 5.48 Å². The lowest BCUT2D eigenvalue weighted by Crippen LogP contribution is -2.33. The summed E-state index contributed by atoms with van der Waals surface area (Å²) in [6.07, 6.45) is 4.63. The first-order valence-corrected chi connectivity index (χ1v) is 5.62. The number of carbonyl (C=O) groups is 1. The monoisotopic (exact) mass is 216 g/mol. The van der Waals surface area contributed by atoms with Gasteiger partial charge in [0.1, 0.15) is 0 Å². The Hall–Kier alpha value is -0.610. The molecule has 0 saturated heterocycles. The molecule has 3 N–H and O–H groups in total. The molecule has 0 aliphatic carbocycles. The summed E-state index contributed by atoms with van der Waals surface area (Å²) in [5.41, 5.74) is 7.49. The minimum absolute atomic E-state index is 0.0438. The largest absolute Gasteiger partial charge is 0.330 e. The van der Waals surface area contributed by atoms with E-state index in [4.69, 9.17) is 10.6 Å². The van der Waals surface area contributed by atoms with Gasteiger partial charge >= 0.3 is 0 Å². The van der Waals surface area contributed by atoms with Gasteiger partial charge in [0.25, 0.3) is 0 Å². The minimum atomic E-state index is -0.324. The zero-order valence-electron chi connectivity index (χ0n) is 10.1. The third-order valence-electron chi connectivity index (χ3n) is 1.83. The molecule has 0 saturated carbocycles. The average Bonchev–Trinajstić information content (AvgIpc) is 2.13. The van der Waals surface area contributed by atoms with Crippen molar-refractivity contribution in [1.29, 1.82) is 0 Å². The fourth-order valence-electron chi connectivity index (χ4n) is 1.04. The maximum Gasteiger partial charge on any atom is 0.243 e. The molecule has 0 atom stereocenters. The highest BCUT2D eigenvalue weighted by molar-refractivity contribution is 5.74. The van der Waals surface area contributed by atoms with Crippen molar-refractivity contribution in [1.82, 2.24) is 5.48 Å². The molecule has 4 nitrogen and oxygen atoms in total. The van der Waals surface area contributed by atoms with Gasteiger partial charge in [0.05, 0.1) is 5.60 Å². The molecule has 0 aromatic carbocycles. The Kier molecular flexibility index (Phi) is 7.34. The maximum atomic E-state index is 11.3. The number of hydrogen-bond donors (Lipinski definition) is 2. The zero-order valence-corrected chi connectivity index (χ0v) is 10.1. The summed E-state index contributed by atoms with van der Waals surface area (Å²) in [7, 11) is 0. The fourth-order valence-corrected chi connectivity index (χ4v) is 1.04. The van der Waals surface area contributed by atoms with E-state index in [9.17, 15) is 4.79 Å². The first-order valence-electron chi connectivity index (χ1n) is 5.62. The number of rotatable bonds is 7. The van der Waals surface area contributed by atoms with Crippen LogP contribution in [0.25, 0.3) is 0 Å². The van der Waals surface area contributed by atoms with E-state index in [1.165, 1.54) is 0 Å². The van der Waals surface area contributed by atoms with Gasteiger partial charge in [0.2, 0.25) is 5.91 Å². The van der Waals surface area contributed by atoms with E-state index in [2.05, 4.69) is 5.48 Å². The van der Waals surface area contributed by atoms with E-state index in [1.807, 2.05) is 20.8 Å². The van der Waals surface area contributed by atoms with Crippen LogP contribution in [0.4, 0.5) is 0 Å². The lowest BCUT2D eigenvalue weighted by Gasteiger charge is -2.18. The van der Waals surface area contributed by atoms with Crippen LogP contribution in [0.2, 0.25) is 0 Å². The first-order chi connectivity index (χ1) is 6.95. The second-order valence-electron chi connectivity index (χ2n) is 4.69. The van der Waals surface area contributed by atoms with Crippen molar-refractivity contribution in [2.75, 3.05) is 6.54 Å². The van der Waals surface area contributed by atoms with Crippen molar-refractivity contribution in [3.63, 3.8) is 0 Å². The van der Waals surface area contributed by atoms with Crippen LogP contribution in [0.15, 0.2) is 0 Å². The molecule has 0 spiro atoms. The molecule has 0 radical (unpaired) electrons. The van der Waals surface area contributed by atoms with Gasteiger partial charge in [-0.2, -0.15) is 0 Å². The van der Waals surface area contributed by atoms with Crippen LogP contribution < -0.4 is 11.2 Å². The van der Waals surface area contributed by atoms with Gasteiger partial charge in [0, 0.05) is 6.42 Å². The molecule has 0 heterocycles. The van der Waals surface area contributed by atoms with Crippen molar-refractivity contribution >= 4 is 5.91 Å². The SMILES string of the molecule is CC(C)(C)ONC(=O)CCCCCCN. The molecule has 0 aromatic heterocycles. The molecule has 0 aliphatic rings. The van der Waals surface area contributed by atoms with Gasteiger partial charge in [-0.05, 0) is 40.2 Å². The Morgan fingerprint density at radius 2 is 1.80 bits per heavy atom. The number of nitrogens with two attached hydrogens (primary N) is 1. The smallest absolute Gasteiger partial charge is 0.243 e. The van der Waals surface area contributed by atoms with Crippen molar-refractivity contribution < 1.29 is 9.63 Å². The maximum absolute atomic E-state index is 11.3. The molecule has 0 fully saturated rings. The second kappa shape index (κ2) is 7.65. The van der Waals surface area contributed by atoms with Crippen molar-refractivity contribution in [2.45, 2.75) is 58.5 Å². The summed E-state index contributed by atoms with van der Waals surface area (Å²) < 4.78 is 0. The molecule has 0 aromatic rings. The Morgan fingerprint density at radius 3 is 2.33 bits per heavy atom. The molecule has 15 heavy (non-hydrogen) atoms. The lowest BCUT2D eigenvalue weighted by atomic mass is 10.1. The zero-order chi connectivity index (χ0) is 11.7. The molecule has 1 amide bonds. The van der Waals surface area contributed by atoms with Crippen molar-refractivity contribution in [3.05, 3.63) is 0 Å². The highest BCUT2D eigenvalue weighted by atomic mass is 16.7. The Morgan fingerprint density at radius 1 is 1.20 bits per heavy atom. The third kappa shape index (κ3) is 11.3. The van der Waals surface area contributed by atoms with Gasteiger partial charge < -0.3 is 5.73 Å². The van der Waals surface area contributed by atoms with Crippen LogP contribution in [0.5, 0.6) is 0 Å². The highest BCUT2D eigenvalue weighted by Crippen LogP contribution is 2.05. The predicted octanol–water partition coefficient (Wildman–Crippen LogP) is 1.74. The Labute approximate surface area is 92.5 Å². The third-order valence-corrected chi connectivity index (χ3v) is 1.83. The van der Waals surface area contributed by atoms with Gasteiger partial charge in [-0.1, -0.05) is 12.8 Å². The van der Waals surface area contributed by atoms with Crippen LogP contribution in [-0.4, -0.2) is 18.1 Å².